The van der Waals surface area contributed by atoms with Gasteiger partial charge in [0.05, 0.1) is 29.7 Å². The summed E-state index contributed by atoms with van der Waals surface area (Å²) < 4.78 is 6.89. The molecule has 0 saturated heterocycles. The van der Waals surface area contributed by atoms with Crippen molar-refractivity contribution in [3.8, 4) is 5.75 Å². The van der Waals surface area contributed by atoms with E-state index in [4.69, 9.17) is 17.0 Å². The molecule has 0 aromatic carbocycles. The summed E-state index contributed by atoms with van der Waals surface area (Å²) in [5, 5.41) is 0. The van der Waals surface area contributed by atoms with Gasteiger partial charge >= 0.3 is 0 Å². The molecule has 0 fully saturated rings. The van der Waals surface area contributed by atoms with Gasteiger partial charge in [-0.25, -0.2) is 0 Å². The zero-order valence-corrected chi connectivity index (χ0v) is 7.96. The van der Waals surface area contributed by atoms with Crippen LogP contribution in [-0.4, -0.2) is 17.1 Å². The minimum absolute atomic E-state index is 0.747. The Hall–Kier alpha value is -0.940. The molecule has 2 aromatic heterocycles. The lowest BCUT2D eigenvalue weighted by molar-refractivity contribution is 0.418. The first-order chi connectivity index (χ1) is 5.81. The number of hydrogen-bond acceptors (Lipinski definition) is 4. The molecule has 2 rings (SSSR count). The fourth-order valence-electron chi connectivity index (χ4n) is 0.997. The highest BCUT2D eigenvalue weighted by molar-refractivity contribution is 7.73. The second-order valence-corrected chi connectivity index (χ2v) is 3.92. The third-order valence-corrected chi connectivity index (χ3v) is 2.78. The summed E-state index contributed by atoms with van der Waals surface area (Å²) >= 11 is 6.50. The van der Waals surface area contributed by atoms with E-state index in [1.165, 1.54) is 11.3 Å². The van der Waals surface area contributed by atoms with Crippen molar-refractivity contribution in [1.29, 1.82) is 0 Å². The van der Waals surface area contributed by atoms with Crippen LogP contribution in [0.4, 0.5) is 0 Å². The smallest absolute Gasteiger partial charge is 0.159 e. The van der Waals surface area contributed by atoms with Gasteiger partial charge in [-0.2, -0.15) is 0 Å². The van der Waals surface area contributed by atoms with Crippen molar-refractivity contribution in [2.75, 3.05) is 7.11 Å². The number of aromatic nitrogens is 2. The molecule has 0 amide bonds. The Morgan fingerprint density at radius 1 is 1.58 bits per heavy atom. The van der Waals surface area contributed by atoms with Gasteiger partial charge in [-0.15, -0.1) is 11.3 Å². The topological polar surface area (TPSA) is 37.9 Å². The zero-order chi connectivity index (χ0) is 8.55. The van der Waals surface area contributed by atoms with Crippen LogP contribution in [-0.2, 0) is 0 Å². The molecular weight excluding hydrogens is 192 g/mol. The van der Waals surface area contributed by atoms with Crippen LogP contribution < -0.4 is 4.74 Å². The van der Waals surface area contributed by atoms with E-state index >= 15 is 0 Å². The Bertz CT molecular complexity index is 460. The Morgan fingerprint density at radius 3 is 3.17 bits per heavy atom. The number of aromatic amines is 1. The SMILES string of the molecule is COc1cncc2[nH]c(=S)sc12. The number of hydrogen-bond donors (Lipinski definition) is 1. The van der Waals surface area contributed by atoms with Crippen molar-refractivity contribution in [2.24, 2.45) is 0 Å². The number of ether oxygens (including phenoxy) is 1. The Morgan fingerprint density at radius 2 is 2.42 bits per heavy atom. The molecule has 0 atom stereocenters. The summed E-state index contributed by atoms with van der Waals surface area (Å²) in [5.41, 5.74) is 0.935. The largest absolute Gasteiger partial charge is 0.494 e. The molecule has 0 aliphatic heterocycles. The Labute approximate surface area is 78.0 Å². The molecule has 5 heteroatoms. The van der Waals surface area contributed by atoms with Gasteiger partial charge in [-0.05, 0) is 12.2 Å². The molecule has 0 saturated carbocycles. The fraction of sp³-hybridized carbons (Fsp3) is 0.143. The summed E-state index contributed by atoms with van der Waals surface area (Å²) in [5.74, 6) is 0.768. The predicted octanol–water partition coefficient (Wildman–Crippen LogP) is 2.36. The first-order valence-electron chi connectivity index (χ1n) is 3.32. The minimum atomic E-state index is 0.747. The van der Waals surface area contributed by atoms with E-state index in [1.807, 2.05) is 0 Å². The highest BCUT2D eigenvalue weighted by atomic mass is 32.1. The van der Waals surface area contributed by atoms with Gasteiger partial charge in [-0.3, -0.25) is 4.98 Å². The molecular formula is C7H6N2OS2. The molecule has 0 radical (unpaired) electrons. The van der Waals surface area contributed by atoms with Crippen LogP contribution in [0, 0.1) is 3.95 Å². The Kier molecular flexibility index (Phi) is 1.82. The summed E-state index contributed by atoms with van der Waals surface area (Å²) in [7, 11) is 1.62. The van der Waals surface area contributed by atoms with E-state index in [-0.39, 0.29) is 0 Å². The summed E-state index contributed by atoms with van der Waals surface area (Å²) in [4.78, 5) is 7.03. The van der Waals surface area contributed by atoms with Crippen LogP contribution in [0.5, 0.6) is 5.75 Å². The molecule has 0 bridgehead atoms. The maximum Gasteiger partial charge on any atom is 0.159 e. The van der Waals surface area contributed by atoms with Crippen molar-refractivity contribution in [3.63, 3.8) is 0 Å². The highest BCUT2D eigenvalue weighted by Crippen LogP contribution is 2.27. The summed E-state index contributed by atoms with van der Waals surface area (Å²) in [6.45, 7) is 0. The average Bonchev–Trinajstić information content (AvgIpc) is 2.44. The first-order valence-corrected chi connectivity index (χ1v) is 4.54. The number of rotatable bonds is 1. The zero-order valence-electron chi connectivity index (χ0n) is 6.33. The lowest BCUT2D eigenvalue weighted by Crippen LogP contribution is -1.83. The number of methoxy groups -OCH3 is 1. The van der Waals surface area contributed by atoms with E-state index < -0.39 is 0 Å². The second-order valence-electron chi connectivity index (χ2n) is 2.23. The normalized spacial score (nSPS) is 10.4. The molecule has 0 aliphatic rings. The third-order valence-electron chi connectivity index (χ3n) is 1.52. The predicted molar refractivity (Wildman–Crippen MR) is 51.4 cm³/mol. The summed E-state index contributed by atoms with van der Waals surface area (Å²) in [6.07, 6.45) is 3.42. The fourth-order valence-corrected chi connectivity index (χ4v) is 2.15. The van der Waals surface area contributed by atoms with Crippen LogP contribution in [0.1, 0.15) is 0 Å². The lowest BCUT2D eigenvalue weighted by atomic mass is 10.4. The standard InChI is InChI=1S/C7H6N2OS2/c1-10-5-3-8-2-4-6(5)12-7(11)9-4/h2-3H,1H3,(H,9,11). The minimum Gasteiger partial charge on any atom is -0.494 e. The number of pyridine rings is 1. The van der Waals surface area contributed by atoms with Gasteiger partial charge in [-0.1, -0.05) is 0 Å². The van der Waals surface area contributed by atoms with Crippen molar-refractivity contribution < 1.29 is 4.74 Å². The first kappa shape index (κ1) is 7.70. The molecule has 0 spiro atoms. The molecule has 2 aromatic rings. The molecule has 62 valence electrons. The molecule has 0 unspecified atom stereocenters. The molecule has 1 N–H and O–H groups in total. The quantitative estimate of drug-likeness (QED) is 0.715. The Balaban J connectivity index is 2.87. The van der Waals surface area contributed by atoms with E-state index in [0.717, 1.165) is 19.9 Å². The van der Waals surface area contributed by atoms with Gasteiger partial charge in [0.15, 0.2) is 9.70 Å². The van der Waals surface area contributed by atoms with Gasteiger partial charge in [0.25, 0.3) is 0 Å². The van der Waals surface area contributed by atoms with Gasteiger partial charge < -0.3 is 9.72 Å². The van der Waals surface area contributed by atoms with E-state index in [0.29, 0.717) is 0 Å². The molecule has 3 nitrogen and oxygen atoms in total. The number of nitrogens with zero attached hydrogens (tertiary/aromatic N) is 1. The van der Waals surface area contributed by atoms with Gasteiger partial charge in [0.1, 0.15) is 0 Å². The van der Waals surface area contributed by atoms with Crippen molar-refractivity contribution in [2.45, 2.75) is 0 Å². The third kappa shape index (κ3) is 1.11. The van der Waals surface area contributed by atoms with Gasteiger partial charge in [0.2, 0.25) is 0 Å². The van der Waals surface area contributed by atoms with Crippen LogP contribution in [0.3, 0.4) is 0 Å². The average molecular weight is 198 g/mol. The van der Waals surface area contributed by atoms with Crippen LogP contribution in [0.2, 0.25) is 0 Å². The van der Waals surface area contributed by atoms with Gasteiger partial charge in [0, 0.05) is 0 Å². The number of H-pyrrole nitrogens is 1. The highest BCUT2D eigenvalue weighted by Gasteiger charge is 2.03. The van der Waals surface area contributed by atoms with Crippen LogP contribution in [0.15, 0.2) is 12.4 Å². The number of fused-ring (bicyclic) bond motifs is 1. The van der Waals surface area contributed by atoms with E-state index in [1.54, 1.807) is 19.5 Å². The second kappa shape index (κ2) is 2.84. The summed E-state index contributed by atoms with van der Waals surface area (Å²) in [6, 6.07) is 0. The lowest BCUT2D eigenvalue weighted by Gasteiger charge is -1.97. The molecule has 2 heterocycles. The van der Waals surface area contributed by atoms with E-state index in [2.05, 4.69) is 9.97 Å². The van der Waals surface area contributed by atoms with Crippen molar-refractivity contribution in [1.82, 2.24) is 9.97 Å². The molecule has 0 aliphatic carbocycles. The van der Waals surface area contributed by atoms with E-state index in [9.17, 15) is 0 Å². The maximum absolute atomic E-state index is 5.12. The van der Waals surface area contributed by atoms with Crippen LogP contribution >= 0.6 is 23.6 Å². The number of thiazole rings is 1. The number of nitrogens with one attached hydrogen (secondary N) is 1. The monoisotopic (exact) mass is 198 g/mol. The maximum atomic E-state index is 5.12. The van der Waals surface area contributed by atoms with Crippen molar-refractivity contribution >= 4 is 33.8 Å². The molecule has 12 heavy (non-hydrogen) atoms. The van der Waals surface area contributed by atoms with Crippen LogP contribution in [0.25, 0.3) is 10.2 Å². The van der Waals surface area contributed by atoms with Crippen molar-refractivity contribution in [3.05, 3.63) is 16.3 Å².